The Bertz CT molecular complexity index is 782. The molecule has 1 aromatic carbocycles. The van der Waals surface area contributed by atoms with E-state index in [-0.39, 0.29) is 11.1 Å². The minimum absolute atomic E-state index is 0.111. The number of carboxylic acid groups (broad SMARTS) is 1. The molecule has 0 fully saturated rings. The minimum Gasteiger partial charge on any atom is -0.480 e. The fourth-order valence-corrected chi connectivity index (χ4v) is 2.72. The zero-order valence-electron chi connectivity index (χ0n) is 13.2. The van der Waals surface area contributed by atoms with Gasteiger partial charge in [-0.1, -0.05) is 6.07 Å². The number of hydrogen-bond donors (Lipinski definition) is 2. The molecule has 0 saturated carbocycles. The van der Waals surface area contributed by atoms with Gasteiger partial charge in [0.1, 0.15) is 6.54 Å². The average Bonchev–Trinajstić information content (AvgIpc) is 2.50. The standard InChI is InChI=1S/C16H14F3NO5/c1-15(2)9-5-7(16(17,18)19)3-4-8(9)12(23)11(13(15)24)14(25)20-6-10(21)22/h3-5,11H,6H2,1-2H3,(H,20,25)(H,21,22). The normalized spacial score (nSPS) is 19.3. The van der Waals surface area contributed by atoms with E-state index in [4.69, 9.17) is 5.11 Å². The minimum atomic E-state index is -4.65. The lowest BCUT2D eigenvalue weighted by Gasteiger charge is -2.34. The number of carbonyl (C=O) groups is 4. The van der Waals surface area contributed by atoms with Gasteiger partial charge in [0, 0.05) is 5.56 Å². The van der Waals surface area contributed by atoms with Crippen molar-refractivity contribution in [2.24, 2.45) is 5.92 Å². The lowest BCUT2D eigenvalue weighted by Crippen LogP contribution is -2.51. The van der Waals surface area contributed by atoms with Crippen LogP contribution in [0.15, 0.2) is 18.2 Å². The number of aliphatic carboxylic acids is 1. The maximum atomic E-state index is 12.9. The predicted molar refractivity (Wildman–Crippen MR) is 77.9 cm³/mol. The number of Topliss-reactive ketones (excluding diaryl/α,β-unsaturated/α-hetero) is 2. The second-order valence-corrected chi connectivity index (χ2v) is 6.16. The lowest BCUT2D eigenvalue weighted by atomic mass is 9.66. The van der Waals surface area contributed by atoms with Gasteiger partial charge >= 0.3 is 12.1 Å². The fourth-order valence-electron chi connectivity index (χ4n) is 2.72. The highest BCUT2D eigenvalue weighted by Crippen LogP contribution is 2.40. The van der Waals surface area contributed by atoms with Crippen molar-refractivity contribution < 1.29 is 37.5 Å². The van der Waals surface area contributed by atoms with Gasteiger partial charge in [0.2, 0.25) is 5.91 Å². The van der Waals surface area contributed by atoms with Crippen LogP contribution in [-0.4, -0.2) is 35.1 Å². The molecule has 1 aromatic rings. The molecule has 1 unspecified atom stereocenters. The molecule has 0 radical (unpaired) electrons. The molecular formula is C16H14F3NO5. The van der Waals surface area contributed by atoms with E-state index in [2.05, 4.69) is 0 Å². The average molecular weight is 357 g/mol. The van der Waals surface area contributed by atoms with E-state index in [1.807, 2.05) is 5.32 Å². The highest BCUT2D eigenvalue weighted by molar-refractivity contribution is 6.28. The van der Waals surface area contributed by atoms with E-state index in [0.717, 1.165) is 12.1 Å². The number of nitrogens with one attached hydrogen (secondary N) is 1. The van der Waals surface area contributed by atoms with E-state index >= 15 is 0 Å². The first kappa shape index (κ1) is 18.6. The SMILES string of the molecule is CC1(C)C(=O)C(C(=O)NCC(=O)O)C(=O)c2ccc(C(F)(F)F)cc21. The Morgan fingerprint density at radius 2 is 1.84 bits per heavy atom. The summed E-state index contributed by atoms with van der Waals surface area (Å²) in [6.45, 7) is 1.85. The predicted octanol–water partition coefficient (Wildman–Crippen LogP) is 1.57. The number of alkyl halides is 3. The van der Waals surface area contributed by atoms with Crippen LogP contribution in [0.5, 0.6) is 0 Å². The van der Waals surface area contributed by atoms with Gasteiger partial charge in [-0.05, 0) is 31.5 Å². The Morgan fingerprint density at radius 1 is 1.24 bits per heavy atom. The number of benzene rings is 1. The maximum absolute atomic E-state index is 12.9. The molecule has 0 saturated heterocycles. The number of ketones is 2. The van der Waals surface area contributed by atoms with Gasteiger partial charge in [0.15, 0.2) is 17.5 Å². The van der Waals surface area contributed by atoms with Gasteiger partial charge in [0.25, 0.3) is 0 Å². The summed E-state index contributed by atoms with van der Waals surface area (Å²) in [5, 5.41) is 10.5. The summed E-state index contributed by atoms with van der Waals surface area (Å²) < 4.78 is 38.7. The molecule has 9 heteroatoms. The van der Waals surface area contributed by atoms with Crippen molar-refractivity contribution in [2.45, 2.75) is 25.4 Å². The van der Waals surface area contributed by atoms with E-state index in [0.29, 0.717) is 6.07 Å². The van der Waals surface area contributed by atoms with Gasteiger partial charge in [0.05, 0.1) is 11.0 Å². The van der Waals surface area contributed by atoms with Crippen LogP contribution < -0.4 is 5.32 Å². The van der Waals surface area contributed by atoms with Gasteiger partial charge in [-0.2, -0.15) is 13.2 Å². The first-order valence-corrected chi connectivity index (χ1v) is 7.17. The highest BCUT2D eigenvalue weighted by Gasteiger charge is 2.50. The van der Waals surface area contributed by atoms with Crippen molar-refractivity contribution in [3.8, 4) is 0 Å². The van der Waals surface area contributed by atoms with E-state index in [9.17, 15) is 32.3 Å². The Balaban J connectivity index is 2.51. The molecule has 0 heterocycles. The van der Waals surface area contributed by atoms with E-state index < -0.39 is 53.1 Å². The second-order valence-electron chi connectivity index (χ2n) is 6.16. The number of halogens is 3. The molecule has 0 spiro atoms. The molecule has 0 bridgehead atoms. The second kappa shape index (κ2) is 5.98. The van der Waals surface area contributed by atoms with Crippen LogP contribution in [0.3, 0.4) is 0 Å². The third-order valence-corrected chi connectivity index (χ3v) is 4.10. The summed E-state index contributed by atoms with van der Waals surface area (Å²) >= 11 is 0. The van der Waals surface area contributed by atoms with Crippen molar-refractivity contribution in [1.82, 2.24) is 5.32 Å². The monoisotopic (exact) mass is 357 g/mol. The number of carboxylic acids is 1. The molecule has 2 rings (SSSR count). The first-order valence-electron chi connectivity index (χ1n) is 7.17. The van der Waals surface area contributed by atoms with Crippen molar-refractivity contribution in [1.29, 1.82) is 0 Å². The maximum Gasteiger partial charge on any atom is 0.416 e. The number of carbonyl (C=O) groups excluding carboxylic acids is 3. The fraction of sp³-hybridized carbons (Fsp3) is 0.375. The summed E-state index contributed by atoms with van der Waals surface area (Å²) in [6, 6.07) is 2.37. The van der Waals surface area contributed by atoms with Gasteiger partial charge in [-0.15, -0.1) is 0 Å². The van der Waals surface area contributed by atoms with Crippen LogP contribution in [-0.2, 0) is 26.0 Å². The van der Waals surface area contributed by atoms with Crippen molar-refractivity contribution in [3.05, 3.63) is 34.9 Å². The molecule has 2 N–H and O–H groups in total. The Morgan fingerprint density at radius 3 is 2.36 bits per heavy atom. The molecule has 25 heavy (non-hydrogen) atoms. The molecule has 1 amide bonds. The quantitative estimate of drug-likeness (QED) is 0.800. The molecule has 1 aliphatic carbocycles. The molecule has 1 atom stereocenters. The Hall–Kier alpha value is -2.71. The zero-order valence-corrected chi connectivity index (χ0v) is 13.2. The smallest absolute Gasteiger partial charge is 0.416 e. The van der Waals surface area contributed by atoms with E-state index in [1.54, 1.807) is 0 Å². The van der Waals surface area contributed by atoms with Crippen molar-refractivity contribution in [2.75, 3.05) is 6.54 Å². The van der Waals surface area contributed by atoms with Crippen LogP contribution in [0.2, 0.25) is 0 Å². The molecule has 134 valence electrons. The molecule has 6 nitrogen and oxygen atoms in total. The number of rotatable bonds is 3. The van der Waals surface area contributed by atoms with Crippen LogP contribution in [0, 0.1) is 5.92 Å². The Labute approximate surface area is 140 Å². The first-order chi connectivity index (χ1) is 11.4. The number of fused-ring (bicyclic) bond motifs is 1. The topological polar surface area (TPSA) is 101 Å². The van der Waals surface area contributed by atoms with Gasteiger partial charge < -0.3 is 10.4 Å². The Kier molecular flexibility index (Phi) is 4.45. The van der Waals surface area contributed by atoms with Crippen molar-refractivity contribution >= 4 is 23.4 Å². The third-order valence-electron chi connectivity index (χ3n) is 4.10. The van der Waals surface area contributed by atoms with Gasteiger partial charge in [-0.3, -0.25) is 19.2 Å². The summed E-state index contributed by atoms with van der Waals surface area (Å²) in [6.07, 6.45) is -4.65. The molecule has 1 aliphatic rings. The van der Waals surface area contributed by atoms with Crippen LogP contribution in [0.1, 0.15) is 35.3 Å². The molecule has 0 aromatic heterocycles. The van der Waals surface area contributed by atoms with Gasteiger partial charge in [-0.25, -0.2) is 0 Å². The van der Waals surface area contributed by atoms with Crippen LogP contribution >= 0.6 is 0 Å². The summed E-state index contributed by atoms with van der Waals surface area (Å²) in [5.41, 5.74) is -2.79. The third kappa shape index (κ3) is 3.26. The molecule has 0 aliphatic heterocycles. The molecular weight excluding hydrogens is 343 g/mol. The lowest BCUT2D eigenvalue weighted by molar-refractivity contribution is -0.141. The highest BCUT2D eigenvalue weighted by atomic mass is 19.4. The van der Waals surface area contributed by atoms with Crippen LogP contribution in [0.4, 0.5) is 13.2 Å². The summed E-state index contributed by atoms with van der Waals surface area (Å²) in [5.74, 6) is -6.07. The summed E-state index contributed by atoms with van der Waals surface area (Å²) in [4.78, 5) is 47.6. The number of amides is 1. The van der Waals surface area contributed by atoms with Crippen LogP contribution in [0.25, 0.3) is 0 Å². The number of hydrogen-bond acceptors (Lipinski definition) is 4. The largest absolute Gasteiger partial charge is 0.480 e. The summed E-state index contributed by atoms with van der Waals surface area (Å²) in [7, 11) is 0. The zero-order chi connectivity index (χ0) is 19.2. The van der Waals surface area contributed by atoms with E-state index in [1.165, 1.54) is 13.8 Å². The van der Waals surface area contributed by atoms with Crippen molar-refractivity contribution in [3.63, 3.8) is 0 Å².